The molecule has 0 aliphatic heterocycles. The molecule has 5 nitrogen and oxygen atoms in total. The predicted octanol–water partition coefficient (Wildman–Crippen LogP) is 4.35. The highest BCUT2D eigenvalue weighted by molar-refractivity contribution is 7.14. The Hall–Kier alpha value is -3.06. The molecule has 0 aliphatic carbocycles. The van der Waals surface area contributed by atoms with Crippen LogP contribution in [0.25, 0.3) is 11.3 Å². The average Bonchev–Trinajstić information content (AvgIpc) is 3.04. The molecule has 1 aromatic heterocycles. The van der Waals surface area contributed by atoms with E-state index < -0.39 is 0 Å². The standard InChI is InChI=1S/C18H15FN4OS/c1-12(24)21-16-7-5-14(6-8-16)17-11-25-18(22-17)23-20-10-13-3-2-4-15(19)9-13/h2-11H,1H3,(H,21,24)(H,22,23)/b20-10-. The summed E-state index contributed by atoms with van der Waals surface area (Å²) in [5, 5.41) is 9.33. The highest BCUT2D eigenvalue weighted by atomic mass is 32.1. The molecule has 0 fully saturated rings. The molecule has 0 saturated carbocycles. The molecule has 2 aromatic carbocycles. The molecule has 0 unspecified atom stereocenters. The van der Waals surface area contributed by atoms with Crippen LogP contribution in [0, 0.1) is 5.82 Å². The zero-order valence-electron chi connectivity index (χ0n) is 13.4. The Bertz CT molecular complexity index is 905. The van der Waals surface area contributed by atoms with Crippen molar-refractivity contribution in [2.75, 3.05) is 10.7 Å². The van der Waals surface area contributed by atoms with E-state index in [4.69, 9.17) is 0 Å². The summed E-state index contributed by atoms with van der Waals surface area (Å²) in [6, 6.07) is 13.6. The summed E-state index contributed by atoms with van der Waals surface area (Å²) in [5.41, 5.74) is 5.99. The van der Waals surface area contributed by atoms with Crippen LogP contribution in [-0.2, 0) is 4.79 Å². The van der Waals surface area contributed by atoms with E-state index in [1.54, 1.807) is 12.1 Å². The summed E-state index contributed by atoms with van der Waals surface area (Å²) in [6.07, 6.45) is 1.53. The van der Waals surface area contributed by atoms with Gasteiger partial charge in [0.05, 0.1) is 11.9 Å². The number of rotatable bonds is 5. The van der Waals surface area contributed by atoms with Gasteiger partial charge in [0.25, 0.3) is 0 Å². The van der Waals surface area contributed by atoms with Crippen LogP contribution in [0.5, 0.6) is 0 Å². The highest BCUT2D eigenvalue weighted by Crippen LogP contribution is 2.26. The monoisotopic (exact) mass is 354 g/mol. The van der Waals surface area contributed by atoms with Gasteiger partial charge in [-0.05, 0) is 29.8 Å². The van der Waals surface area contributed by atoms with E-state index in [1.165, 1.54) is 36.6 Å². The van der Waals surface area contributed by atoms with Gasteiger partial charge in [-0.15, -0.1) is 11.3 Å². The number of benzene rings is 2. The summed E-state index contributed by atoms with van der Waals surface area (Å²) < 4.78 is 13.1. The SMILES string of the molecule is CC(=O)Nc1ccc(-c2csc(N/N=C\c3cccc(F)c3)n2)cc1. The van der Waals surface area contributed by atoms with Crippen molar-refractivity contribution < 1.29 is 9.18 Å². The minimum atomic E-state index is -0.303. The molecule has 0 atom stereocenters. The maximum Gasteiger partial charge on any atom is 0.221 e. The zero-order chi connectivity index (χ0) is 17.6. The third kappa shape index (κ3) is 4.71. The number of aromatic nitrogens is 1. The summed E-state index contributed by atoms with van der Waals surface area (Å²) in [4.78, 5) is 15.5. The number of carbonyl (C=O) groups excluding carboxylic acids is 1. The molecule has 0 bridgehead atoms. The van der Waals surface area contributed by atoms with Crippen LogP contribution in [0.3, 0.4) is 0 Å². The molecule has 3 rings (SSSR count). The van der Waals surface area contributed by atoms with Crippen LogP contribution in [0.2, 0.25) is 0 Å². The van der Waals surface area contributed by atoms with Gasteiger partial charge in [0.1, 0.15) is 5.82 Å². The van der Waals surface area contributed by atoms with E-state index in [2.05, 4.69) is 20.8 Å². The smallest absolute Gasteiger partial charge is 0.221 e. The summed E-state index contributed by atoms with van der Waals surface area (Å²) in [7, 11) is 0. The van der Waals surface area contributed by atoms with Crippen LogP contribution in [0.15, 0.2) is 59.0 Å². The fourth-order valence-corrected chi connectivity index (χ4v) is 2.80. The molecule has 3 aromatic rings. The van der Waals surface area contributed by atoms with Crippen molar-refractivity contribution in [2.45, 2.75) is 6.92 Å². The van der Waals surface area contributed by atoms with Gasteiger partial charge in [0.15, 0.2) is 0 Å². The maximum absolute atomic E-state index is 13.1. The molecule has 1 amide bonds. The Labute approximate surface area is 148 Å². The molecular formula is C18H15FN4OS. The molecule has 2 N–H and O–H groups in total. The Balaban J connectivity index is 1.65. The molecule has 126 valence electrons. The first kappa shape index (κ1) is 16.8. The quantitative estimate of drug-likeness (QED) is 0.529. The minimum absolute atomic E-state index is 0.107. The van der Waals surface area contributed by atoms with Gasteiger partial charge >= 0.3 is 0 Å². The van der Waals surface area contributed by atoms with Gasteiger partial charge in [-0.1, -0.05) is 24.3 Å². The van der Waals surface area contributed by atoms with Gasteiger partial charge in [0, 0.05) is 23.6 Å². The number of nitrogens with one attached hydrogen (secondary N) is 2. The topological polar surface area (TPSA) is 66.4 Å². The van der Waals surface area contributed by atoms with E-state index >= 15 is 0 Å². The van der Waals surface area contributed by atoms with Crippen molar-refractivity contribution in [3.05, 3.63) is 65.3 Å². The molecule has 7 heteroatoms. The van der Waals surface area contributed by atoms with Crippen molar-refractivity contribution >= 4 is 34.3 Å². The van der Waals surface area contributed by atoms with Gasteiger partial charge < -0.3 is 5.32 Å². The number of hydrazone groups is 1. The second-order valence-electron chi connectivity index (χ2n) is 5.22. The third-order valence-electron chi connectivity index (χ3n) is 3.23. The summed E-state index contributed by atoms with van der Waals surface area (Å²) >= 11 is 1.42. The van der Waals surface area contributed by atoms with Crippen molar-refractivity contribution in [1.82, 2.24) is 4.98 Å². The number of thiazole rings is 1. The van der Waals surface area contributed by atoms with E-state index in [0.29, 0.717) is 10.7 Å². The number of carbonyl (C=O) groups is 1. The van der Waals surface area contributed by atoms with Gasteiger partial charge in [0.2, 0.25) is 11.0 Å². The van der Waals surface area contributed by atoms with Crippen LogP contribution in [0.4, 0.5) is 15.2 Å². The lowest BCUT2D eigenvalue weighted by molar-refractivity contribution is -0.114. The largest absolute Gasteiger partial charge is 0.326 e. The number of halogens is 1. The van der Waals surface area contributed by atoms with Crippen LogP contribution in [0.1, 0.15) is 12.5 Å². The molecule has 0 aliphatic rings. The summed E-state index contributed by atoms with van der Waals surface area (Å²) in [6.45, 7) is 1.47. The molecule has 1 heterocycles. The van der Waals surface area contributed by atoms with Crippen LogP contribution in [-0.4, -0.2) is 17.1 Å². The van der Waals surface area contributed by atoms with Gasteiger partial charge in [-0.25, -0.2) is 9.37 Å². The average molecular weight is 354 g/mol. The lowest BCUT2D eigenvalue weighted by Crippen LogP contribution is -2.05. The van der Waals surface area contributed by atoms with E-state index in [0.717, 1.165) is 16.9 Å². The lowest BCUT2D eigenvalue weighted by atomic mass is 10.1. The predicted molar refractivity (Wildman–Crippen MR) is 99.5 cm³/mol. The molecule has 25 heavy (non-hydrogen) atoms. The fourth-order valence-electron chi connectivity index (χ4n) is 2.13. The zero-order valence-corrected chi connectivity index (χ0v) is 14.2. The fraction of sp³-hybridized carbons (Fsp3) is 0.0556. The first-order chi connectivity index (χ1) is 12.1. The van der Waals surface area contributed by atoms with Crippen molar-refractivity contribution in [1.29, 1.82) is 0 Å². The number of nitrogens with zero attached hydrogens (tertiary/aromatic N) is 2. The molecular weight excluding hydrogens is 339 g/mol. The lowest BCUT2D eigenvalue weighted by Gasteiger charge is -2.02. The van der Waals surface area contributed by atoms with E-state index in [-0.39, 0.29) is 11.7 Å². The van der Waals surface area contributed by atoms with Crippen molar-refractivity contribution in [2.24, 2.45) is 5.10 Å². The Morgan fingerprint density at radius 2 is 2.04 bits per heavy atom. The van der Waals surface area contributed by atoms with Crippen LogP contribution < -0.4 is 10.7 Å². The Kier molecular flexibility index (Phi) is 5.15. The molecule has 0 radical (unpaired) electrons. The van der Waals surface area contributed by atoms with E-state index in [9.17, 15) is 9.18 Å². The first-order valence-electron chi connectivity index (χ1n) is 7.48. The number of anilines is 2. The van der Waals surface area contributed by atoms with Crippen molar-refractivity contribution in [3.8, 4) is 11.3 Å². The van der Waals surface area contributed by atoms with E-state index in [1.807, 2.05) is 29.6 Å². The number of hydrogen-bond donors (Lipinski definition) is 2. The normalized spacial score (nSPS) is 10.8. The van der Waals surface area contributed by atoms with Crippen molar-refractivity contribution in [3.63, 3.8) is 0 Å². The third-order valence-corrected chi connectivity index (χ3v) is 3.97. The maximum atomic E-state index is 13.1. The second kappa shape index (κ2) is 7.67. The Morgan fingerprint density at radius 1 is 1.24 bits per heavy atom. The number of hydrogen-bond acceptors (Lipinski definition) is 5. The second-order valence-corrected chi connectivity index (χ2v) is 6.08. The molecule has 0 saturated heterocycles. The minimum Gasteiger partial charge on any atom is -0.326 e. The first-order valence-corrected chi connectivity index (χ1v) is 8.36. The van der Waals surface area contributed by atoms with Gasteiger partial charge in [-0.3, -0.25) is 10.2 Å². The van der Waals surface area contributed by atoms with Gasteiger partial charge in [-0.2, -0.15) is 5.10 Å². The number of amides is 1. The van der Waals surface area contributed by atoms with Crippen LogP contribution >= 0.6 is 11.3 Å². The Morgan fingerprint density at radius 3 is 2.76 bits per heavy atom. The molecule has 0 spiro atoms. The summed E-state index contributed by atoms with van der Waals surface area (Å²) in [5.74, 6) is -0.410. The highest BCUT2D eigenvalue weighted by Gasteiger charge is 2.04.